The first kappa shape index (κ1) is 20.4. The predicted octanol–water partition coefficient (Wildman–Crippen LogP) is 2.41. The third-order valence-corrected chi connectivity index (χ3v) is 4.62. The lowest BCUT2D eigenvalue weighted by atomic mass is 10.2. The number of aromatic nitrogens is 2. The first-order chi connectivity index (χ1) is 12.8. The van der Waals surface area contributed by atoms with Crippen molar-refractivity contribution in [3.8, 4) is 0 Å². The van der Waals surface area contributed by atoms with Crippen molar-refractivity contribution in [1.29, 1.82) is 0 Å². The van der Waals surface area contributed by atoms with Crippen LogP contribution in [0.15, 0.2) is 27.9 Å². The van der Waals surface area contributed by atoms with Crippen LogP contribution in [0.3, 0.4) is 0 Å². The largest absolute Gasteiger partial charge is 0.453 e. The molecule has 0 unspecified atom stereocenters. The number of pyridine rings is 1. The number of carbonyl (C=O) groups excluding carboxylic acids is 3. The molecule has 144 valence electrons. The van der Waals surface area contributed by atoms with Crippen molar-refractivity contribution < 1.29 is 28.4 Å². The molecule has 0 spiro atoms. The summed E-state index contributed by atoms with van der Waals surface area (Å²) in [6.07, 6.45) is -0.558. The monoisotopic (exact) mass is 393 g/mol. The highest BCUT2D eigenvalue weighted by Crippen LogP contribution is 2.27. The molecule has 1 atom stereocenters. The van der Waals surface area contributed by atoms with Gasteiger partial charge in [0.2, 0.25) is 0 Å². The van der Waals surface area contributed by atoms with Crippen LogP contribution in [0, 0.1) is 13.8 Å². The zero-order valence-corrected chi connectivity index (χ0v) is 16.1. The molecule has 0 saturated heterocycles. The maximum atomic E-state index is 12.4. The number of methoxy groups -OCH3 is 1. The number of nitrogens with one attached hydrogen (secondary N) is 1. The van der Waals surface area contributed by atoms with Crippen LogP contribution in [-0.4, -0.2) is 41.3 Å². The number of rotatable bonds is 6. The minimum absolute atomic E-state index is 0.215. The Hall–Kier alpha value is -2.88. The highest BCUT2D eigenvalue weighted by Gasteiger charge is 2.23. The molecule has 0 radical (unpaired) electrons. The average Bonchev–Trinajstić information content (AvgIpc) is 2.97. The Morgan fingerprint density at radius 1 is 1.33 bits per heavy atom. The molecule has 2 aromatic heterocycles. The van der Waals surface area contributed by atoms with Gasteiger partial charge in [-0.3, -0.25) is 10.1 Å². The standard InChI is InChI=1S/C17H19N3O6S/c1-9-13(10(2)26-20-9)8-27-15-12(6-5-7-18-15)16(22)25-11(3)14(21)19-17(23)24-4/h5-7,11H,8H2,1-4H3,(H,19,21,23)/t11-/m0/s1. The number of hydrogen-bond acceptors (Lipinski definition) is 9. The Morgan fingerprint density at radius 3 is 2.70 bits per heavy atom. The molecular formula is C17H19N3O6S. The summed E-state index contributed by atoms with van der Waals surface area (Å²) in [6, 6.07) is 3.14. The van der Waals surface area contributed by atoms with Gasteiger partial charge in [-0.25, -0.2) is 14.6 Å². The number of alkyl carbamates (subject to hydrolysis) is 1. The van der Waals surface area contributed by atoms with Crippen molar-refractivity contribution in [1.82, 2.24) is 15.5 Å². The highest BCUT2D eigenvalue weighted by atomic mass is 32.2. The maximum Gasteiger partial charge on any atom is 0.413 e. The van der Waals surface area contributed by atoms with Crippen LogP contribution >= 0.6 is 11.8 Å². The molecule has 9 nitrogen and oxygen atoms in total. The number of nitrogens with zero attached hydrogens (tertiary/aromatic N) is 2. The molecule has 10 heteroatoms. The van der Waals surface area contributed by atoms with E-state index in [1.165, 1.54) is 18.7 Å². The van der Waals surface area contributed by atoms with E-state index in [2.05, 4.69) is 14.9 Å². The van der Waals surface area contributed by atoms with Crippen LogP contribution in [0.5, 0.6) is 0 Å². The second kappa shape index (κ2) is 9.17. The van der Waals surface area contributed by atoms with E-state index in [0.29, 0.717) is 16.5 Å². The normalized spacial score (nSPS) is 11.6. The molecule has 0 aliphatic heterocycles. The van der Waals surface area contributed by atoms with E-state index in [0.717, 1.165) is 18.4 Å². The average molecular weight is 393 g/mol. The van der Waals surface area contributed by atoms with Gasteiger partial charge in [0.05, 0.1) is 18.4 Å². The topological polar surface area (TPSA) is 121 Å². The van der Waals surface area contributed by atoms with Crippen molar-refractivity contribution >= 4 is 29.7 Å². The van der Waals surface area contributed by atoms with Crippen LogP contribution < -0.4 is 5.32 Å². The summed E-state index contributed by atoms with van der Waals surface area (Å²) >= 11 is 1.32. The highest BCUT2D eigenvalue weighted by molar-refractivity contribution is 7.98. The molecular weight excluding hydrogens is 374 g/mol. The molecule has 0 aromatic carbocycles. The summed E-state index contributed by atoms with van der Waals surface area (Å²) in [5.41, 5.74) is 1.91. The third-order valence-electron chi connectivity index (χ3n) is 3.59. The second-order valence-electron chi connectivity index (χ2n) is 5.48. The Morgan fingerprint density at radius 2 is 2.07 bits per heavy atom. The van der Waals surface area contributed by atoms with Crippen LogP contribution in [0.25, 0.3) is 0 Å². The van der Waals surface area contributed by atoms with Crippen molar-refractivity contribution in [3.05, 3.63) is 40.9 Å². The summed E-state index contributed by atoms with van der Waals surface area (Å²) in [5, 5.41) is 6.28. The molecule has 0 fully saturated rings. The fraction of sp³-hybridized carbons (Fsp3) is 0.353. The molecule has 2 heterocycles. The van der Waals surface area contributed by atoms with Gasteiger partial charge in [-0.15, -0.1) is 11.8 Å². The SMILES string of the molecule is COC(=O)NC(=O)[C@H](C)OC(=O)c1cccnc1SCc1c(C)noc1C. The Kier molecular flexibility index (Phi) is 6.94. The van der Waals surface area contributed by atoms with Gasteiger partial charge >= 0.3 is 12.1 Å². The van der Waals surface area contributed by atoms with Crippen LogP contribution in [0.2, 0.25) is 0 Å². The van der Waals surface area contributed by atoms with E-state index in [-0.39, 0.29) is 5.56 Å². The minimum atomic E-state index is -1.18. The van der Waals surface area contributed by atoms with Gasteiger partial charge in [0, 0.05) is 17.5 Å². The molecule has 2 rings (SSSR count). The van der Waals surface area contributed by atoms with Gasteiger partial charge in [0.25, 0.3) is 5.91 Å². The number of amides is 2. The van der Waals surface area contributed by atoms with E-state index >= 15 is 0 Å². The van der Waals surface area contributed by atoms with E-state index in [1.54, 1.807) is 18.3 Å². The summed E-state index contributed by atoms with van der Waals surface area (Å²) in [6.45, 7) is 5.00. The van der Waals surface area contributed by atoms with E-state index in [4.69, 9.17) is 9.26 Å². The zero-order chi connectivity index (χ0) is 20.0. The van der Waals surface area contributed by atoms with Gasteiger partial charge in [-0.05, 0) is 32.9 Å². The Bertz CT molecular complexity index is 831. The number of ether oxygens (including phenoxy) is 2. The fourth-order valence-corrected chi connectivity index (χ4v) is 3.18. The van der Waals surface area contributed by atoms with Crippen LogP contribution in [-0.2, 0) is 20.0 Å². The summed E-state index contributed by atoms with van der Waals surface area (Å²) in [5.74, 6) is -0.300. The first-order valence-electron chi connectivity index (χ1n) is 7.92. The number of imide groups is 1. The lowest BCUT2D eigenvalue weighted by Crippen LogP contribution is -2.39. The molecule has 0 bridgehead atoms. The summed E-state index contributed by atoms with van der Waals surface area (Å²) in [7, 11) is 1.12. The first-order valence-corrected chi connectivity index (χ1v) is 8.91. The van der Waals surface area contributed by atoms with E-state index in [9.17, 15) is 14.4 Å². The molecule has 27 heavy (non-hydrogen) atoms. The predicted molar refractivity (Wildman–Crippen MR) is 95.2 cm³/mol. The number of hydrogen-bond donors (Lipinski definition) is 1. The summed E-state index contributed by atoms with van der Waals surface area (Å²) < 4.78 is 14.6. The number of aryl methyl sites for hydroxylation is 2. The Labute approximate surface area is 159 Å². The molecule has 0 aliphatic carbocycles. The molecule has 0 aliphatic rings. The van der Waals surface area contributed by atoms with E-state index < -0.39 is 24.1 Å². The van der Waals surface area contributed by atoms with Gasteiger partial charge in [-0.2, -0.15) is 0 Å². The second-order valence-corrected chi connectivity index (χ2v) is 6.44. The smallest absolute Gasteiger partial charge is 0.413 e. The van der Waals surface area contributed by atoms with Gasteiger partial charge in [0.1, 0.15) is 10.8 Å². The molecule has 0 saturated carbocycles. The lowest BCUT2D eigenvalue weighted by Gasteiger charge is -2.13. The molecule has 2 amide bonds. The third kappa shape index (κ3) is 5.30. The van der Waals surface area contributed by atoms with Crippen molar-refractivity contribution in [2.45, 2.75) is 37.7 Å². The van der Waals surface area contributed by atoms with Gasteiger partial charge in [0.15, 0.2) is 6.10 Å². The fourth-order valence-electron chi connectivity index (χ4n) is 2.04. The number of carbonyl (C=O) groups is 3. The quantitative estimate of drug-likeness (QED) is 0.582. The van der Waals surface area contributed by atoms with Crippen molar-refractivity contribution in [3.63, 3.8) is 0 Å². The Balaban J connectivity index is 2.06. The minimum Gasteiger partial charge on any atom is -0.453 e. The molecule has 2 aromatic rings. The van der Waals surface area contributed by atoms with Crippen LogP contribution in [0.4, 0.5) is 4.79 Å². The van der Waals surface area contributed by atoms with Gasteiger partial charge < -0.3 is 14.0 Å². The van der Waals surface area contributed by atoms with Crippen LogP contribution in [0.1, 0.15) is 34.3 Å². The van der Waals surface area contributed by atoms with Crippen molar-refractivity contribution in [2.24, 2.45) is 0 Å². The van der Waals surface area contributed by atoms with Gasteiger partial charge in [-0.1, -0.05) is 5.16 Å². The zero-order valence-electron chi connectivity index (χ0n) is 15.3. The number of thioether (sulfide) groups is 1. The van der Waals surface area contributed by atoms with Crippen molar-refractivity contribution in [2.75, 3.05) is 7.11 Å². The maximum absolute atomic E-state index is 12.4. The van der Waals surface area contributed by atoms with E-state index in [1.807, 2.05) is 19.2 Å². The molecule has 1 N–H and O–H groups in total. The lowest BCUT2D eigenvalue weighted by molar-refractivity contribution is -0.128. The number of esters is 1. The summed E-state index contributed by atoms with van der Waals surface area (Å²) in [4.78, 5) is 39.5.